The van der Waals surface area contributed by atoms with E-state index in [9.17, 15) is 18.5 Å². The molecule has 0 atom stereocenters. The molecule has 0 amide bonds. The van der Waals surface area contributed by atoms with Crippen LogP contribution in [0.3, 0.4) is 0 Å². The number of aromatic nitrogens is 1. The molecule has 0 saturated carbocycles. The van der Waals surface area contributed by atoms with E-state index in [2.05, 4.69) is 4.98 Å². The number of sulfone groups is 1. The van der Waals surface area contributed by atoms with Crippen LogP contribution in [0.15, 0.2) is 62.9 Å². The van der Waals surface area contributed by atoms with Crippen molar-refractivity contribution >= 4 is 21.4 Å². The van der Waals surface area contributed by atoms with Crippen LogP contribution in [0.5, 0.6) is 0 Å². The number of para-hydroxylation sites is 1. The van der Waals surface area contributed by atoms with E-state index in [-0.39, 0.29) is 32.9 Å². The van der Waals surface area contributed by atoms with Crippen molar-refractivity contribution in [2.75, 3.05) is 18.0 Å². The molecule has 0 unspecified atom stereocenters. The zero-order chi connectivity index (χ0) is 21.3. The maximum atomic E-state index is 13.4. The summed E-state index contributed by atoms with van der Waals surface area (Å²) in [7, 11) is -3.97. The molecule has 2 aromatic carbocycles. The molecule has 0 radical (unpaired) electrons. The van der Waals surface area contributed by atoms with Crippen molar-refractivity contribution < 1.29 is 17.8 Å². The van der Waals surface area contributed by atoms with E-state index in [1.54, 1.807) is 24.3 Å². The average molecular weight is 427 g/mol. The highest BCUT2D eigenvalue weighted by molar-refractivity contribution is 7.91. The molecular formula is C21H21N3O5S. The zero-order valence-corrected chi connectivity index (χ0v) is 17.3. The lowest BCUT2D eigenvalue weighted by Crippen LogP contribution is -2.30. The fraction of sp³-hybridized carbons (Fsp3) is 0.286. The standard InChI is InChI=1S/C21H21N3O5S/c1-15-9-11-16(12-10-15)30(27,28)20-21(23-13-5-2-6-14-23)29-19(22-20)17-7-3-4-8-18(17)24(25)26/h3-4,7-12H,2,5-6,13-14H2,1H3. The Labute approximate surface area is 174 Å². The molecule has 1 aliphatic rings. The molecule has 30 heavy (non-hydrogen) atoms. The molecule has 3 aromatic rings. The third kappa shape index (κ3) is 3.68. The maximum absolute atomic E-state index is 13.4. The van der Waals surface area contributed by atoms with Crippen LogP contribution in [-0.2, 0) is 9.84 Å². The van der Waals surface area contributed by atoms with Crippen LogP contribution < -0.4 is 4.90 Å². The number of rotatable bonds is 5. The van der Waals surface area contributed by atoms with Crippen LogP contribution in [-0.4, -0.2) is 31.4 Å². The van der Waals surface area contributed by atoms with Gasteiger partial charge in [-0.2, -0.15) is 4.98 Å². The first-order chi connectivity index (χ1) is 14.4. The molecule has 8 nitrogen and oxygen atoms in total. The lowest BCUT2D eigenvalue weighted by atomic mass is 10.1. The van der Waals surface area contributed by atoms with Gasteiger partial charge in [-0.15, -0.1) is 0 Å². The molecule has 0 spiro atoms. The van der Waals surface area contributed by atoms with Crippen molar-refractivity contribution in [3.63, 3.8) is 0 Å². The Morgan fingerprint density at radius 3 is 2.37 bits per heavy atom. The summed E-state index contributed by atoms with van der Waals surface area (Å²) < 4.78 is 32.7. The number of oxazole rings is 1. The van der Waals surface area contributed by atoms with Crippen LogP contribution in [0.25, 0.3) is 11.5 Å². The molecule has 1 saturated heterocycles. The molecule has 0 N–H and O–H groups in total. The lowest BCUT2D eigenvalue weighted by Gasteiger charge is -2.26. The average Bonchev–Trinajstić information content (AvgIpc) is 3.21. The molecular weight excluding hydrogens is 406 g/mol. The van der Waals surface area contributed by atoms with E-state index >= 15 is 0 Å². The molecule has 1 aromatic heterocycles. The van der Waals surface area contributed by atoms with Crippen LogP contribution in [0.2, 0.25) is 0 Å². The van der Waals surface area contributed by atoms with E-state index in [1.165, 1.54) is 24.3 Å². The summed E-state index contributed by atoms with van der Waals surface area (Å²) >= 11 is 0. The summed E-state index contributed by atoms with van der Waals surface area (Å²) in [5, 5.41) is 11.2. The zero-order valence-electron chi connectivity index (χ0n) is 16.4. The maximum Gasteiger partial charge on any atom is 0.282 e. The van der Waals surface area contributed by atoms with Gasteiger partial charge >= 0.3 is 0 Å². The minimum atomic E-state index is -3.97. The van der Waals surface area contributed by atoms with Gasteiger partial charge < -0.3 is 9.32 Å². The Morgan fingerprint density at radius 2 is 1.70 bits per heavy atom. The smallest absolute Gasteiger partial charge is 0.282 e. The van der Waals surface area contributed by atoms with Crippen molar-refractivity contribution in [3.8, 4) is 11.5 Å². The highest BCUT2D eigenvalue weighted by Crippen LogP contribution is 2.38. The summed E-state index contributed by atoms with van der Waals surface area (Å²) in [6, 6.07) is 12.5. The van der Waals surface area contributed by atoms with Crippen LogP contribution in [0, 0.1) is 17.0 Å². The first-order valence-electron chi connectivity index (χ1n) is 9.69. The minimum absolute atomic E-state index is 0.0754. The predicted octanol–water partition coefficient (Wildman–Crippen LogP) is 4.38. The molecule has 156 valence electrons. The topological polar surface area (TPSA) is 107 Å². The van der Waals surface area contributed by atoms with E-state index in [0.717, 1.165) is 24.8 Å². The fourth-order valence-corrected chi connectivity index (χ4v) is 4.85. The number of anilines is 1. The number of hydrogen-bond donors (Lipinski definition) is 0. The van der Waals surface area contributed by atoms with Crippen LogP contribution >= 0.6 is 0 Å². The second-order valence-electron chi connectivity index (χ2n) is 7.27. The summed E-state index contributed by atoms with van der Waals surface area (Å²) in [5.41, 5.74) is 0.889. The molecule has 2 heterocycles. The van der Waals surface area contributed by atoms with Gasteiger partial charge in [-0.25, -0.2) is 8.42 Å². The normalized spacial score (nSPS) is 14.6. The van der Waals surface area contributed by atoms with Gasteiger partial charge in [0.25, 0.3) is 5.69 Å². The third-order valence-electron chi connectivity index (χ3n) is 5.14. The van der Waals surface area contributed by atoms with Gasteiger partial charge in [-0.3, -0.25) is 10.1 Å². The highest BCUT2D eigenvalue weighted by Gasteiger charge is 2.33. The molecule has 0 aliphatic carbocycles. The van der Waals surface area contributed by atoms with Crippen molar-refractivity contribution in [1.82, 2.24) is 4.98 Å². The lowest BCUT2D eigenvalue weighted by molar-refractivity contribution is -0.384. The second kappa shape index (κ2) is 7.91. The number of benzene rings is 2. The van der Waals surface area contributed by atoms with Crippen molar-refractivity contribution in [2.45, 2.75) is 36.1 Å². The van der Waals surface area contributed by atoms with Crippen LogP contribution in [0.1, 0.15) is 24.8 Å². The van der Waals surface area contributed by atoms with E-state index in [4.69, 9.17) is 4.42 Å². The quantitative estimate of drug-likeness (QED) is 0.439. The first kappa shape index (κ1) is 20.1. The Morgan fingerprint density at radius 1 is 1.03 bits per heavy atom. The Balaban J connectivity index is 1.89. The van der Waals surface area contributed by atoms with Gasteiger partial charge in [0.1, 0.15) is 5.56 Å². The molecule has 0 bridgehead atoms. The van der Waals surface area contributed by atoms with E-state index in [0.29, 0.717) is 13.1 Å². The predicted molar refractivity (Wildman–Crippen MR) is 111 cm³/mol. The summed E-state index contributed by atoms with van der Waals surface area (Å²) in [6.07, 6.45) is 2.87. The summed E-state index contributed by atoms with van der Waals surface area (Å²) in [6.45, 7) is 3.15. The number of nitro benzene ring substituents is 1. The minimum Gasteiger partial charge on any atom is -0.419 e. The molecule has 9 heteroatoms. The number of nitro groups is 1. The number of nitrogens with zero attached hydrogens (tertiary/aromatic N) is 3. The number of hydrogen-bond acceptors (Lipinski definition) is 7. The Kier molecular flexibility index (Phi) is 5.29. The van der Waals surface area contributed by atoms with Crippen molar-refractivity contribution in [2.24, 2.45) is 0 Å². The number of piperidine rings is 1. The van der Waals surface area contributed by atoms with Crippen molar-refractivity contribution in [3.05, 3.63) is 64.2 Å². The van der Waals surface area contributed by atoms with Gasteiger partial charge in [0.2, 0.25) is 26.6 Å². The molecule has 4 rings (SSSR count). The monoisotopic (exact) mass is 427 g/mol. The van der Waals surface area contributed by atoms with Crippen molar-refractivity contribution in [1.29, 1.82) is 0 Å². The SMILES string of the molecule is Cc1ccc(S(=O)(=O)c2nc(-c3ccccc3[N+](=O)[O-])oc2N2CCCCC2)cc1. The summed E-state index contributed by atoms with van der Waals surface area (Å²) in [4.78, 5) is 17.1. The molecule has 1 fully saturated rings. The third-order valence-corrected chi connectivity index (χ3v) is 6.81. The van der Waals surface area contributed by atoms with Gasteiger partial charge in [-0.1, -0.05) is 29.8 Å². The second-order valence-corrected chi connectivity index (χ2v) is 9.13. The Bertz CT molecular complexity index is 1180. The fourth-order valence-electron chi connectivity index (χ4n) is 3.53. The van der Waals surface area contributed by atoms with E-state index in [1.807, 2.05) is 11.8 Å². The van der Waals surface area contributed by atoms with Gasteiger partial charge in [-0.05, 0) is 44.4 Å². The van der Waals surface area contributed by atoms with Gasteiger partial charge in [0, 0.05) is 19.2 Å². The van der Waals surface area contributed by atoms with Gasteiger partial charge in [0.05, 0.1) is 9.82 Å². The number of aryl methyl sites for hydroxylation is 1. The Hall–Kier alpha value is -3.20. The first-order valence-corrected chi connectivity index (χ1v) is 11.2. The van der Waals surface area contributed by atoms with Crippen LogP contribution in [0.4, 0.5) is 11.6 Å². The summed E-state index contributed by atoms with van der Waals surface area (Å²) in [5.74, 6) is 0.0667. The highest BCUT2D eigenvalue weighted by atomic mass is 32.2. The molecule has 1 aliphatic heterocycles. The van der Waals surface area contributed by atoms with E-state index < -0.39 is 14.8 Å². The van der Waals surface area contributed by atoms with Gasteiger partial charge in [0.15, 0.2) is 0 Å². The largest absolute Gasteiger partial charge is 0.419 e.